The number of esters is 4. The number of nitrogens with zero attached hydrogens (tertiary/aromatic N) is 2. The van der Waals surface area contributed by atoms with E-state index in [0.29, 0.717) is 26.4 Å². The number of rotatable bonds is 40. The highest BCUT2D eigenvalue weighted by atomic mass is 16.8. The molecule has 99 heavy (non-hydrogen) atoms. The molecule has 0 aromatic rings. The molecule has 0 radical (unpaired) electrons. The van der Waals surface area contributed by atoms with Gasteiger partial charge in [-0.15, -0.1) is 6.42 Å². The van der Waals surface area contributed by atoms with E-state index in [1.165, 1.54) is 26.2 Å². The standard InChI is InChI=1S/C67H106N6O26/c1-18-26-84-32-34-88-36-37-89-35-33-87-29-23-52(75)73(24-30-85-27-19-21-53(76)94-57(50-40-90-66(12,13)96-50)56-42(2)46(38-48(92-56)60(78)82-16)68-43(3)70-62(80)98-64(6,7)8)25-31-86-28-20-22-54(77)95-58(51-41-91-67(14,15)97-51)59-55(72-45(5)74)47(39-49(93-59)61(79)83-17)69-44(4)71-63(81)99-65(9,10)11/h1,38-39,42,46-47,50-51,55-59,69H,4,19-37,40-41H2,2-3,5-17H3,(H,71,81)(H,72,74)(H,68,70,80)/t42-,46+,47+,50-,51-,55-,56-,57-,58-,59-/m1/s1. The number of methoxy groups -OCH3 is 2. The third-order valence-corrected chi connectivity index (χ3v) is 14.6. The Morgan fingerprint density at radius 3 is 1.56 bits per heavy atom. The minimum Gasteiger partial charge on any atom is -0.479 e. The van der Waals surface area contributed by atoms with Gasteiger partial charge >= 0.3 is 36.1 Å². The molecule has 0 aromatic carbocycles. The topological polar surface area (TPSA) is 366 Å². The second-order valence-corrected chi connectivity index (χ2v) is 26.2. The van der Waals surface area contributed by atoms with Crippen LogP contribution in [0.3, 0.4) is 0 Å². The van der Waals surface area contributed by atoms with Gasteiger partial charge in [-0.05, 0) is 101 Å². The maximum Gasteiger partial charge on any atom is 0.413 e. The number of alkyl carbamates (subject to hydrolysis) is 2. The Labute approximate surface area is 580 Å². The first-order valence-electron chi connectivity index (χ1n) is 33.0. The van der Waals surface area contributed by atoms with Gasteiger partial charge in [0.05, 0.1) is 111 Å². The Morgan fingerprint density at radius 1 is 0.636 bits per heavy atom. The zero-order chi connectivity index (χ0) is 73.5. The third-order valence-electron chi connectivity index (χ3n) is 14.6. The Kier molecular flexibility index (Phi) is 35.3. The maximum atomic E-state index is 13.9. The van der Waals surface area contributed by atoms with Crippen LogP contribution in [0, 0.1) is 18.3 Å². The lowest BCUT2D eigenvalue weighted by molar-refractivity contribution is -0.190. The summed E-state index contributed by atoms with van der Waals surface area (Å²) in [6, 6.07) is -2.91. The van der Waals surface area contributed by atoms with E-state index in [9.17, 15) is 38.4 Å². The molecule has 0 spiro atoms. The Bertz CT molecular complexity index is 2790. The maximum absolute atomic E-state index is 13.9. The minimum absolute atomic E-state index is 0.00943. The second kappa shape index (κ2) is 41.5. The molecule has 4 aliphatic rings. The van der Waals surface area contributed by atoms with E-state index in [-0.39, 0.29) is 140 Å². The number of ether oxygens (including phenoxy) is 18. The summed E-state index contributed by atoms with van der Waals surface area (Å²) in [7, 11) is 2.34. The molecule has 2 fully saturated rings. The number of hydrogen-bond donors (Lipinski definition) is 4. The van der Waals surface area contributed by atoms with Crippen molar-refractivity contribution in [1.82, 2.24) is 26.2 Å². The van der Waals surface area contributed by atoms with Crippen molar-refractivity contribution in [2.75, 3.05) is 120 Å². The van der Waals surface area contributed by atoms with Crippen LogP contribution < -0.4 is 21.3 Å². The predicted molar refractivity (Wildman–Crippen MR) is 351 cm³/mol. The monoisotopic (exact) mass is 1410 g/mol. The zero-order valence-electron chi connectivity index (χ0n) is 60.1. The van der Waals surface area contributed by atoms with E-state index >= 15 is 0 Å². The molecule has 0 aromatic heterocycles. The smallest absolute Gasteiger partial charge is 0.413 e. The van der Waals surface area contributed by atoms with Gasteiger partial charge in [0.1, 0.15) is 47.8 Å². The van der Waals surface area contributed by atoms with Crippen molar-refractivity contribution in [3.8, 4) is 12.3 Å². The molecular weight excluding hydrogens is 1300 g/mol. The Balaban J connectivity index is 1.40. The fraction of sp³-hybridized carbons (Fsp3) is 0.746. The first-order chi connectivity index (χ1) is 46.6. The van der Waals surface area contributed by atoms with Gasteiger partial charge in [0.2, 0.25) is 23.3 Å². The molecule has 0 bridgehead atoms. The molecule has 0 aliphatic carbocycles. The highest BCUT2D eigenvalue weighted by molar-refractivity contribution is 5.94. The van der Waals surface area contributed by atoms with E-state index in [4.69, 9.17) is 91.7 Å². The van der Waals surface area contributed by atoms with Gasteiger partial charge in [-0.2, -0.15) is 0 Å². The van der Waals surface area contributed by atoms with E-state index in [2.05, 4.69) is 38.8 Å². The van der Waals surface area contributed by atoms with E-state index in [0.717, 1.165) is 7.11 Å². The largest absolute Gasteiger partial charge is 0.479 e. The van der Waals surface area contributed by atoms with E-state index in [1.807, 2.05) is 0 Å². The minimum atomic E-state index is -1.33. The van der Waals surface area contributed by atoms with Crippen LogP contribution >= 0.6 is 0 Å². The van der Waals surface area contributed by atoms with Gasteiger partial charge in [-0.25, -0.2) is 19.2 Å². The van der Waals surface area contributed by atoms with Crippen LogP contribution in [0.1, 0.15) is 122 Å². The molecule has 4 heterocycles. The zero-order valence-corrected chi connectivity index (χ0v) is 60.1. The van der Waals surface area contributed by atoms with Crippen LogP contribution in [-0.4, -0.2) is 256 Å². The molecule has 4 amide bonds. The first kappa shape index (κ1) is 84.2. The van der Waals surface area contributed by atoms with Crippen molar-refractivity contribution in [3.63, 3.8) is 0 Å². The Morgan fingerprint density at radius 2 is 1.09 bits per heavy atom. The second-order valence-electron chi connectivity index (χ2n) is 26.2. The highest BCUT2D eigenvalue weighted by Crippen LogP contribution is 2.36. The molecular formula is C67H106N6O26. The number of amidine groups is 1. The molecule has 10 atom stereocenters. The quantitative estimate of drug-likeness (QED) is 0.0168. The average molecular weight is 1410 g/mol. The molecule has 2 saturated heterocycles. The summed E-state index contributed by atoms with van der Waals surface area (Å²) in [5.41, 5.74) is -1.62. The van der Waals surface area contributed by atoms with Crippen LogP contribution in [0.5, 0.6) is 0 Å². The number of hydrogen-bond acceptors (Lipinski definition) is 28. The van der Waals surface area contributed by atoms with Gasteiger partial charge in [0.15, 0.2) is 29.9 Å². The normalized spacial score (nSPS) is 22.4. The van der Waals surface area contributed by atoms with Crippen LogP contribution in [0.15, 0.2) is 41.1 Å². The lowest BCUT2D eigenvalue weighted by Gasteiger charge is -2.42. The van der Waals surface area contributed by atoms with Crippen molar-refractivity contribution < 1.29 is 124 Å². The van der Waals surface area contributed by atoms with Crippen molar-refractivity contribution in [1.29, 1.82) is 0 Å². The van der Waals surface area contributed by atoms with Crippen molar-refractivity contribution in [2.24, 2.45) is 10.9 Å². The van der Waals surface area contributed by atoms with Gasteiger partial charge in [-0.1, -0.05) is 19.4 Å². The van der Waals surface area contributed by atoms with Crippen LogP contribution in [0.25, 0.3) is 0 Å². The summed E-state index contributed by atoms with van der Waals surface area (Å²) in [6.45, 7) is 28.1. The fourth-order valence-electron chi connectivity index (χ4n) is 10.2. The molecule has 32 heteroatoms. The third kappa shape index (κ3) is 31.9. The molecule has 4 rings (SSSR count). The number of amides is 4. The van der Waals surface area contributed by atoms with Crippen molar-refractivity contribution >= 4 is 53.7 Å². The highest BCUT2D eigenvalue weighted by Gasteiger charge is 2.52. The van der Waals surface area contributed by atoms with Crippen molar-refractivity contribution in [2.45, 2.75) is 200 Å². The molecule has 0 saturated carbocycles. The van der Waals surface area contributed by atoms with E-state index < -0.39 is 125 Å². The van der Waals surface area contributed by atoms with Crippen LogP contribution in [0.4, 0.5) is 9.59 Å². The molecule has 32 nitrogen and oxygen atoms in total. The predicted octanol–water partition coefficient (Wildman–Crippen LogP) is 3.94. The number of terminal acetylenes is 1. The summed E-state index contributed by atoms with van der Waals surface area (Å²) in [5.74, 6) is -4.57. The summed E-state index contributed by atoms with van der Waals surface area (Å²) in [6.07, 6.45) is -0.112. The van der Waals surface area contributed by atoms with Gasteiger partial charge in [-0.3, -0.25) is 34.8 Å². The first-order valence-corrected chi connectivity index (χ1v) is 33.0. The number of nitrogens with one attached hydrogen (secondary N) is 4. The SMILES string of the molecule is C#CCOCCOCCOCCOCCC(=O)N(CCOCCCC(=O)O[C@@H]([C@@H]1OC(C(=O)OC)=C[C@H](N=C(C)NC(=O)OC(C)(C)C)[C@H]1C)[C@H]1COC(C)(C)O1)CCOCCCC(=O)O[C@@H]([C@@H]1OC(C(=O)OC)=C[C@H](NC(=C)NC(=O)OC(C)(C)C)[C@H]1NC(C)=O)[C@H]1COC(C)(C)O1. The lowest BCUT2D eigenvalue weighted by Crippen LogP contribution is -2.64. The van der Waals surface area contributed by atoms with Gasteiger partial charge in [0.25, 0.3) is 0 Å². The number of carbonyl (C=O) groups is 8. The molecule has 4 N–H and O–H groups in total. The number of aliphatic imine (C=N–C) groups is 1. The Hall–Kier alpha value is -7.19. The summed E-state index contributed by atoms with van der Waals surface area (Å²) in [4.78, 5) is 112. The molecule has 4 aliphatic heterocycles. The van der Waals surface area contributed by atoms with Gasteiger partial charge < -0.3 is 101 Å². The molecule has 0 unspecified atom stereocenters. The van der Waals surface area contributed by atoms with E-state index in [1.54, 1.807) is 88.0 Å². The van der Waals surface area contributed by atoms with Crippen LogP contribution in [-0.2, 0) is 114 Å². The summed E-state index contributed by atoms with van der Waals surface area (Å²) in [5, 5.41) is 10.9. The van der Waals surface area contributed by atoms with Crippen LogP contribution in [0.2, 0.25) is 0 Å². The molecule has 560 valence electrons. The van der Waals surface area contributed by atoms with Crippen molar-refractivity contribution in [3.05, 3.63) is 36.1 Å². The van der Waals surface area contributed by atoms with Gasteiger partial charge in [0, 0.05) is 52.0 Å². The summed E-state index contributed by atoms with van der Waals surface area (Å²) >= 11 is 0. The average Bonchev–Trinajstić information content (AvgIpc) is 1.76. The fourth-order valence-corrected chi connectivity index (χ4v) is 10.2. The summed E-state index contributed by atoms with van der Waals surface area (Å²) < 4.78 is 103. The lowest BCUT2D eigenvalue weighted by atomic mass is 9.87. The number of carbonyl (C=O) groups excluding carboxylic acids is 8.